The summed E-state index contributed by atoms with van der Waals surface area (Å²) in [6.07, 6.45) is 0. The van der Waals surface area contributed by atoms with Gasteiger partial charge >= 0.3 is 0 Å². The second kappa shape index (κ2) is 5.69. The van der Waals surface area contributed by atoms with Crippen molar-refractivity contribution in [1.82, 2.24) is 9.55 Å². The van der Waals surface area contributed by atoms with Gasteiger partial charge in [0.2, 0.25) is 5.95 Å². The average Bonchev–Trinajstić information content (AvgIpc) is 2.95. The van der Waals surface area contributed by atoms with Crippen molar-refractivity contribution in [3.63, 3.8) is 0 Å². The molecule has 0 aliphatic carbocycles. The molecule has 0 saturated carbocycles. The first kappa shape index (κ1) is 13.8. The van der Waals surface area contributed by atoms with E-state index in [2.05, 4.69) is 24.1 Å². The fourth-order valence-corrected chi connectivity index (χ4v) is 2.90. The van der Waals surface area contributed by atoms with E-state index in [9.17, 15) is 4.79 Å². The Labute approximate surface area is 127 Å². The molecule has 0 radical (unpaired) electrons. The lowest BCUT2D eigenvalue weighted by Gasteiger charge is -2.15. The molecule has 0 unspecified atom stereocenters. The number of hydrogen-bond acceptors (Lipinski definition) is 4. The summed E-state index contributed by atoms with van der Waals surface area (Å²) in [7, 11) is 0. The monoisotopic (exact) mass is 299 g/mol. The highest BCUT2D eigenvalue weighted by molar-refractivity contribution is 7.17. The highest BCUT2D eigenvalue weighted by Gasteiger charge is 2.13. The first-order chi connectivity index (χ1) is 10.2. The summed E-state index contributed by atoms with van der Waals surface area (Å²) in [6.45, 7) is 5.02. The number of aromatic nitrogens is 2. The first-order valence-corrected chi connectivity index (χ1v) is 7.84. The molecular weight excluding hydrogens is 282 g/mol. The zero-order chi connectivity index (χ0) is 14.8. The van der Waals surface area contributed by atoms with Gasteiger partial charge in [-0.15, -0.1) is 11.3 Å². The van der Waals surface area contributed by atoms with Gasteiger partial charge in [-0.1, -0.05) is 32.0 Å². The van der Waals surface area contributed by atoms with E-state index in [0.717, 1.165) is 17.7 Å². The molecule has 3 rings (SSSR count). The van der Waals surface area contributed by atoms with E-state index in [4.69, 9.17) is 0 Å². The highest BCUT2D eigenvalue weighted by Crippen LogP contribution is 2.20. The minimum Gasteiger partial charge on any atom is -0.355 e. The third-order valence-electron chi connectivity index (χ3n) is 3.16. The quantitative estimate of drug-likeness (QED) is 0.802. The predicted octanol–water partition coefficient (Wildman–Crippen LogP) is 3.52. The zero-order valence-corrected chi connectivity index (χ0v) is 12.9. The van der Waals surface area contributed by atoms with E-state index in [0.29, 0.717) is 16.6 Å². The number of para-hydroxylation sites is 1. The molecule has 0 atom stereocenters. The summed E-state index contributed by atoms with van der Waals surface area (Å²) in [5.74, 6) is 1.08. The molecule has 0 aliphatic rings. The van der Waals surface area contributed by atoms with Crippen molar-refractivity contribution < 1.29 is 0 Å². The largest absolute Gasteiger partial charge is 0.355 e. The summed E-state index contributed by atoms with van der Waals surface area (Å²) in [5.41, 5.74) is 1.56. The van der Waals surface area contributed by atoms with E-state index in [-0.39, 0.29) is 5.56 Å². The molecule has 1 aromatic carbocycles. The smallest absolute Gasteiger partial charge is 0.277 e. The van der Waals surface area contributed by atoms with Gasteiger partial charge in [0.15, 0.2) is 0 Å². The number of fused-ring (bicyclic) bond motifs is 1. The van der Waals surface area contributed by atoms with E-state index in [1.54, 1.807) is 4.57 Å². The average molecular weight is 299 g/mol. The first-order valence-electron chi connectivity index (χ1n) is 6.96. The lowest BCUT2D eigenvalue weighted by molar-refractivity contribution is 0.681. The maximum atomic E-state index is 12.7. The van der Waals surface area contributed by atoms with Crippen LogP contribution < -0.4 is 10.9 Å². The van der Waals surface area contributed by atoms with Crippen LogP contribution in [-0.4, -0.2) is 16.1 Å². The summed E-state index contributed by atoms with van der Waals surface area (Å²) in [6, 6.07) is 11.5. The number of thiophene rings is 1. The molecule has 0 saturated heterocycles. The second-order valence-electron chi connectivity index (χ2n) is 5.32. The number of nitrogens with one attached hydrogen (secondary N) is 1. The molecular formula is C16H17N3OS. The number of nitrogens with zero attached hydrogens (tertiary/aromatic N) is 2. The van der Waals surface area contributed by atoms with Crippen LogP contribution in [0.3, 0.4) is 0 Å². The van der Waals surface area contributed by atoms with Gasteiger partial charge in [-0.3, -0.25) is 4.79 Å². The van der Waals surface area contributed by atoms with E-state index < -0.39 is 0 Å². The Kier molecular flexibility index (Phi) is 3.75. The molecule has 21 heavy (non-hydrogen) atoms. The molecule has 0 aliphatic heterocycles. The van der Waals surface area contributed by atoms with Crippen LogP contribution in [0.4, 0.5) is 5.95 Å². The van der Waals surface area contributed by atoms with Crippen molar-refractivity contribution in [1.29, 1.82) is 0 Å². The Hall–Kier alpha value is -2.14. The molecule has 4 nitrogen and oxygen atoms in total. The SMILES string of the molecule is CC(C)CNc1nc2ccsc2c(=O)n1-c1ccccc1. The Morgan fingerprint density at radius 1 is 1.24 bits per heavy atom. The van der Waals surface area contributed by atoms with Gasteiger partial charge in [0.25, 0.3) is 5.56 Å². The Morgan fingerprint density at radius 3 is 2.71 bits per heavy atom. The Balaban J connectivity index is 2.21. The molecule has 108 valence electrons. The van der Waals surface area contributed by atoms with Crippen LogP contribution in [0.5, 0.6) is 0 Å². The zero-order valence-electron chi connectivity index (χ0n) is 12.0. The van der Waals surface area contributed by atoms with Crippen molar-refractivity contribution in [3.05, 3.63) is 52.1 Å². The van der Waals surface area contributed by atoms with Crippen LogP contribution >= 0.6 is 11.3 Å². The third kappa shape index (κ3) is 2.69. The lowest BCUT2D eigenvalue weighted by Crippen LogP contribution is -2.24. The molecule has 1 N–H and O–H groups in total. The summed E-state index contributed by atoms with van der Waals surface area (Å²) >= 11 is 1.43. The van der Waals surface area contributed by atoms with Crippen LogP contribution in [0.2, 0.25) is 0 Å². The van der Waals surface area contributed by atoms with Crippen LogP contribution in [0.25, 0.3) is 15.9 Å². The lowest BCUT2D eigenvalue weighted by atomic mass is 10.2. The van der Waals surface area contributed by atoms with Crippen molar-refractivity contribution in [2.75, 3.05) is 11.9 Å². The van der Waals surface area contributed by atoms with Gasteiger partial charge < -0.3 is 5.32 Å². The number of anilines is 1. The Bertz CT molecular complexity index is 805. The van der Waals surface area contributed by atoms with Gasteiger partial charge in [-0.05, 0) is 29.5 Å². The molecule has 3 aromatic rings. The molecule has 0 fully saturated rings. The fourth-order valence-electron chi connectivity index (χ4n) is 2.14. The van der Waals surface area contributed by atoms with Crippen molar-refractivity contribution in [2.24, 2.45) is 5.92 Å². The number of benzene rings is 1. The summed E-state index contributed by atoms with van der Waals surface area (Å²) < 4.78 is 2.34. The highest BCUT2D eigenvalue weighted by atomic mass is 32.1. The fraction of sp³-hybridized carbons (Fsp3) is 0.250. The molecule has 2 heterocycles. The summed E-state index contributed by atoms with van der Waals surface area (Å²) in [4.78, 5) is 17.4. The minimum atomic E-state index is -0.0209. The van der Waals surface area contributed by atoms with Gasteiger partial charge in [-0.2, -0.15) is 0 Å². The van der Waals surface area contributed by atoms with Crippen molar-refractivity contribution >= 4 is 27.5 Å². The number of hydrogen-bond donors (Lipinski definition) is 1. The van der Waals surface area contributed by atoms with E-state index >= 15 is 0 Å². The normalized spacial score (nSPS) is 11.2. The van der Waals surface area contributed by atoms with Gasteiger partial charge in [0.05, 0.1) is 11.2 Å². The van der Waals surface area contributed by atoms with Crippen LogP contribution in [0.15, 0.2) is 46.6 Å². The Morgan fingerprint density at radius 2 is 2.00 bits per heavy atom. The second-order valence-corrected chi connectivity index (χ2v) is 6.24. The maximum absolute atomic E-state index is 12.7. The molecule has 0 spiro atoms. The van der Waals surface area contributed by atoms with Crippen LogP contribution in [0.1, 0.15) is 13.8 Å². The van der Waals surface area contributed by atoms with Gasteiger partial charge in [0, 0.05) is 6.54 Å². The topological polar surface area (TPSA) is 46.9 Å². The van der Waals surface area contributed by atoms with E-state index in [1.165, 1.54) is 11.3 Å². The number of rotatable bonds is 4. The molecule has 2 aromatic heterocycles. The molecule has 0 amide bonds. The van der Waals surface area contributed by atoms with Crippen molar-refractivity contribution in [3.8, 4) is 5.69 Å². The summed E-state index contributed by atoms with van der Waals surface area (Å²) in [5, 5.41) is 5.19. The molecule has 0 bridgehead atoms. The van der Waals surface area contributed by atoms with Crippen LogP contribution in [-0.2, 0) is 0 Å². The molecule has 5 heteroatoms. The predicted molar refractivity (Wildman–Crippen MR) is 88.5 cm³/mol. The van der Waals surface area contributed by atoms with Crippen molar-refractivity contribution in [2.45, 2.75) is 13.8 Å². The third-order valence-corrected chi connectivity index (χ3v) is 4.05. The van der Waals surface area contributed by atoms with E-state index in [1.807, 2.05) is 41.8 Å². The van der Waals surface area contributed by atoms with Gasteiger partial charge in [0.1, 0.15) is 4.70 Å². The van der Waals surface area contributed by atoms with Crippen LogP contribution in [0, 0.1) is 5.92 Å². The maximum Gasteiger partial charge on any atom is 0.277 e. The minimum absolute atomic E-state index is 0.0209. The standard InChI is InChI=1S/C16H17N3OS/c1-11(2)10-17-16-18-13-8-9-21-14(13)15(20)19(16)12-6-4-3-5-7-12/h3-9,11H,10H2,1-2H3,(H,17,18). The van der Waals surface area contributed by atoms with Gasteiger partial charge in [-0.25, -0.2) is 9.55 Å².